The molecule has 6 heteroatoms. The van der Waals surface area contributed by atoms with Gasteiger partial charge in [0.15, 0.2) is 11.5 Å². The minimum Gasteiger partial charge on any atom is -0.493 e. The molecule has 0 saturated heterocycles. The van der Waals surface area contributed by atoms with Gasteiger partial charge in [-0.1, -0.05) is 65.1 Å². The van der Waals surface area contributed by atoms with E-state index in [0.29, 0.717) is 28.1 Å². The van der Waals surface area contributed by atoms with E-state index in [2.05, 4.69) is 5.32 Å². The Morgan fingerprint density at radius 2 is 1.55 bits per heavy atom. The molecule has 0 aliphatic carbocycles. The summed E-state index contributed by atoms with van der Waals surface area (Å²) in [6.45, 7) is 1.74. The molecule has 3 nitrogen and oxygen atoms in total. The van der Waals surface area contributed by atoms with Crippen LogP contribution in [0.4, 0.5) is 0 Å². The van der Waals surface area contributed by atoms with Gasteiger partial charge in [-0.25, -0.2) is 0 Å². The van der Waals surface area contributed by atoms with E-state index in [-0.39, 0.29) is 6.61 Å². The van der Waals surface area contributed by atoms with Gasteiger partial charge in [-0.3, -0.25) is 0 Å². The molecule has 3 aromatic carbocycles. The van der Waals surface area contributed by atoms with Crippen molar-refractivity contribution in [2.75, 3.05) is 13.7 Å². The van der Waals surface area contributed by atoms with Crippen LogP contribution in [0.2, 0.25) is 15.1 Å². The summed E-state index contributed by atoms with van der Waals surface area (Å²) in [5.74, 6) is 1.36. The highest BCUT2D eigenvalue weighted by Crippen LogP contribution is 2.33. The van der Waals surface area contributed by atoms with Gasteiger partial charge in [-0.15, -0.1) is 0 Å². The molecule has 0 heterocycles. The number of rotatable bonds is 9. The van der Waals surface area contributed by atoms with E-state index in [1.165, 1.54) is 5.56 Å². The highest BCUT2D eigenvalue weighted by molar-refractivity contribution is 6.35. The molecule has 0 aromatic heterocycles. The van der Waals surface area contributed by atoms with Gasteiger partial charge < -0.3 is 14.8 Å². The standard InChI is InChI=1S/C23H22Cl3NO2/c1-28-22-7-2-4-17(14-27-13-12-16-8-10-18(24)11-9-16)23(22)29-15-19-20(25)5-3-6-21(19)26/h2-11,27H,12-15H2,1H3. The van der Waals surface area contributed by atoms with Gasteiger partial charge in [0.25, 0.3) is 0 Å². The average Bonchev–Trinajstić information content (AvgIpc) is 2.72. The lowest BCUT2D eigenvalue weighted by Gasteiger charge is -2.16. The van der Waals surface area contributed by atoms with E-state index >= 15 is 0 Å². The third kappa shape index (κ3) is 6.03. The fourth-order valence-corrected chi connectivity index (χ4v) is 3.58. The number of methoxy groups -OCH3 is 1. The predicted octanol–water partition coefficient (Wildman–Crippen LogP) is 6.57. The SMILES string of the molecule is COc1cccc(CNCCc2ccc(Cl)cc2)c1OCc1c(Cl)cccc1Cl. The molecular weight excluding hydrogens is 429 g/mol. The van der Waals surface area contributed by atoms with E-state index in [4.69, 9.17) is 44.3 Å². The van der Waals surface area contributed by atoms with Crippen molar-refractivity contribution in [2.24, 2.45) is 0 Å². The van der Waals surface area contributed by atoms with Gasteiger partial charge in [-0.05, 0) is 48.9 Å². The summed E-state index contributed by atoms with van der Waals surface area (Å²) in [7, 11) is 1.63. The Morgan fingerprint density at radius 1 is 0.862 bits per heavy atom. The topological polar surface area (TPSA) is 30.5 Å². The van der Waals surface area contributed by atoms with Crippen molar-refractivity contribution in [1.82, 2.24) is 5.32 Å². The molecule has 0 aliphatic heterocycles. The Kier molecular flexibility index (Phi) is 8.08. The summed E-state index contributed by atoms with van der Waals surface area (Å²) in [6, 6.07) is 19.1. The maximum atomic E-state index is 6.26. The summed E-state index contributed by atoms with van der Waals surface area (Å²) < 4.78 is 11.6. The van der Waals surface area contributed by atoms with Crippen LogP contribution in [-0.2, 0) is 19.6 Å². The quantitative estimate of drug-likeness (QED) is 0.374. The highest BCUT2D eigenvalue weighted by Gasteiger charge is 2.13. The van der Waals surface area contributed by atoms with Crippen molar-refractivity contribution in [3.63, 3.8) is 0 Å². The molecule has 0 saturated carbocycles. The molecule has 0 fully saturated rings. The van der Waals surface area contributed by atoms with Gasteiger partial charge >= 0.3 is 0 Å². The van der Waals surface area contributed by atoms with Gasteiger partial charge in [0, 0.05) is 32.7 Å². The Bertz CT molecular complexity index is 925. The van der Waals surface area contributed by atoms with Crippen LogP contribution in [0, 0.1) is 0 Å². The minimum absolute atomic E-state index is 0.261. The number of halogens is 3. The molecular formula is C23H22Cl3NO2. The maximum Gasteiger partial charge on any atom is 0.166 e. The first kappa shape index (κ1) is 21.8. The summed E-state index contributed by atoms with van der Waals surface area (Å²) in [5.41, 5.74) is 2.99. The maximum absolute atomic E-state index is 6.26. The van der Waals surface area contributed by atoms with E-state index in [1.807, 2.05) is 48.5 Å². The third-order valence-electron chi connectivity index (χ3n) is 4.52. The highest BCUT2D eigenvalue weighted by atomic mass is 35.5. The largest absolute Gasteiger partial charge is 0.493 e. The van der Waals surface area contributed by atoms with Crippen molar-refractivity contribution < 1.29 is 9.47 Å². The fourth-order valence-electron chi connectivity index (χ4n) is 2.95. The molecule has 0 spiro atoms. The van der Waals surface area contributed by atoms with Crippen LogP contribution < -0.4 is 14.8 Å². The molecule has 0 atom stereocenters. The van der Waals surface area contributed by atoms with E-state index in [0.717, 1.165) is 29.1 Å². The summed E-state index contributed by atoms with van der Waals surface area (Å²) >= 11 is 18.5. The number of hydrogen-bond acceptors (Lipinski definition) is 3. The number of benzene rings is 3. The van der Waals surface area contributed by atoms with Gasteiger partial charge in [0.2, 0.25) is 0 Å². The fraction of sp³-hybridized carbons (Fsp3) is 0.217. The molecule has 152 valence electrons. The Balaban J connectivity index is 1.65. The molecule has 3 rings (SSSR count). The number of nitrogens with one attached hydrogen (secondary N) is 1. The molecule has 0 bridgehead atoms. The lowest BCUT2D eigenvalue weighted by molar-refractivity contribution is 0.281. The van der Waals surface area contributed by atoms with Crippen molar-refractivity contribution in [1.29, 1.82) is 0 Å². The normalized spacial score (nSPS) is 10.8. The van der Waals surface area contributed by atoms with Crippen LogP contribution in [0.5, 0.6) is 11.5 Å². The van der Waals surface area contributed by atoms with E-state index < -0.39 is 0 Å². The first-order valence-corrected chi connectivity index (χ1v) is 10.4. The van der Waals surface area contributed by atoms with Gasteiger partial charge in [-0.2, -0.15) is 0 Å². The van der Waals surface area contributed by atoms with Crippen LogP contribution in [0.15, 0.2) is 60.7 Å². The summed E-state index contributed by atoms with van der Waals surface area (Å²) in [6.07, 6.45) is 0.909. The van der Waals surface area contributed by atoms with Crippen molar-refractivity contribution in [3.05, 3.63) is 92.4 Å². The van der Waals surface area contributed by atoms with E-state index in [9.17, 15) is 0 Å². The van der Waals surface area contributed by atoms with Crippen LogP contribution in [-0.4, -0.2) is 13.7 Å². The average molecular weight is 451 g/mol. The Hall–Kier alpha value is -1.91. The molecule has 0 aliphatic rings. The predicted molar refractivity (Wildman–Crippen MR) is 121 cm³/mol. The van der Waals surface area contributed by atoms with Crippen molar-refractivity contribution >= 4 is 34.8 Å². The Labute approximate surface area is 186 Å². The smallest absolute Gasteiger partial charge is 0.166 e. The molecule has 29 heavy (non-hydrogen) atoms. The first-order chi connectivity index (χ1) is 14.1. The van der Waals surface area contributed by atoms with Crippen LogP contribution in [0.25, 0.3) is 0 Å². The van der Waals surface area contributed by atoms with Crippen LogP contribution in [0.1, 0.15) is 16.7 Å². The first-order valence-electron chi connectivity index (χ1n) is 9.25. The third-order valence-corrected chi connectivity index (χ3v) is 5.48. The van der Waals surface area contributed by atoms with Crippen LogP contribution in [0.3, 0.4) is 0 Å². The number of ether oxygens (including phenoxy) is 2. The van der Waals surface area contributed by atoms with Crippen molar-refractivity contribution in [3.8, 4) is 11.5 Å². The number of hydrogen-bond donors (Lipinski definition) is 1. The summed E-state index contributed by atoms with van der Waals surface area (Å²) in [5, 5.41) is 5.36. The zero-order valence-electron chi connectivity index (χ0n) is 16.1. The second kappa shape index (κ2) is 10.7. The van der Waals surface area contributed by atoms with Crippen LogP contribution >= 0.6 is 34.8 Å². The van der Waals surface area contributed by atoms with Gasteiger partial charge in [0.05, 0.1) is 7.11 Å². The minimum atomic E-state index is 0.261. The molecule has 1 N–H and O–H groups in total. The Morgan fingerprint density at radius 3 is 2.24 bits per heavy atom. The lowest BCUT2D eigenvalue weighted by Crippen LogP contribution is -2.17. The number of para-hydroxylation sites is 1. The zero-order chi connectivity index (χ0) is 20.6. The summed E-state index contributed by atoms with van der Waals surface area (Å²) in [4.78, 5) is 0. The molecule has 0 unspecified atom stereocenters. The van der Waals surface area contributed by atoms with Crippen molar-refractivity contribution in [2.45, 2.75) is 19.6 Å². The monoisotopic (exact) mass is 449 g/mol. The molecule has 3 aromatic rings. The second-order valence-electron chi connectivity index (χ2n) is 6.49. The van der Waals surface area contributed by atoms with E-state index in [1.54, 1.807) is 19.2 Å². The molecule has 0 amide bonds. The zero-order valence-corrected chi connectivity index (χ0v) is 18.3. The van der Waals surface area contributed by atoms with Gasteiger partial charge in [0.1, 0.15) is 6.61 Å². The lowest BCUT2D eigenvalue weighted by atomic mass is 10.1. The molecule has 0 radical (unpaired) electrons. The second-order valence-corrected chi connectivity index (χ2v) is 7.74.